The Morgan fingerprint density at radius 2 is 1.77 bits per heavy atom. The Labute approximate surface area is 79.5 Å². The van der Waals surface area contributed by atoms with E-state index in [0.29, 0.717) is 0 Å². The number of allylic oxidation sites excluding steroid dienone is 1. The summed E-state index contributed by atoms with van der Waals surface area (Å²) in [6, 6.07) is 8.30. The normalized spacial score (nSPS) is 14.8. The lowest BCUT2D eigenvalue weighted by molar-refractivity contribution is 0.567. The molecule has 0 N–H and O–H groups in total. The minimum atomic E-state index is 0.191. The number of rotatable bonds is 0. The van der Waals surface area contributed by atoms with Crippen molar-refractivity contribution < 1.29 is 0 Å². The zero-order chi connectivity index (χ0) is 9.47. The maximum atomic E-state index is 4.39. The molecule has 1 radical (unpaired) electrons. The van der Waals surface area contributed by atoms with Crippen LogP contribution in [0.5, 0.6) is 0 Å². The molecule has 0 spiro atoms. The summed E-state index contributed by atoms with van der Waals surface area (Å²) in [5.41, 5.74) is 3.92. The van der Waals surface area contributed by atoms with Crippen molar-refractivity contribution in [3.05, 3.63) is 36.0 Å². The fourth-order valence-electron chi connectivity index (χ4n) is 1.62. The van der Waals surface area contributed by atoms with Crippen LogP contribution in [0.1, 0.15) is 26.3 Å². The van der Waals surface area contributed by atoms with Crippen LogP contribution in [0, 0.1) is 5.41 Å². The van der Waals surface area contributed by atoms with Crippen LogP contribution in [0.15, 0.2) is 30.5 Å². The number of para-hydroxylation sites is 1. The summed E-state index contributed by atoms with van der Waals surface area (Å²) in [4.78, 5) is 0. The van der Waals surface area contributed by atoms with Crippen LogP contribution < -0.4 is 5.32 Å². The molecule has 0 saturated heterocycles. The third kappa shape index (κ3) is 1.35. The molecule has 13 heavy (non-hydrogen) atoms. The van der Waals surface area contributed by atoms with Gasteiger partial charge in [-0.3, -0.25) is 5.32 Å². The molecule has 1 aliphatic heterocycles. The molecule has 0 saturated carbocycles. The second-order valence-electron chi connectivity index (χ2n) is 4.44. The van der Waals surface area contributed by atoms with Crippen LogP contribution in [0.2, 0.25) is 0 Å². The van der Waals surface area contributed by atoms with Crippen molar-refractivity contribution in [3.8, 4) is 0 Å². The van der Waals surface area contributed by atoms with Gasteiger partial charge in [0.1, 0.15) is 0 Å². The van der Waals surface area contributed by atoms with Crippen LogP contribution in [-0.2, 0) is 0 Å². The lowest BCUT2D eigenvalue weighted by Crippen LogP contribution is -2.06. The summed E-state index contributed by atoms with van der Waals surface area (Å²) >= 11 is 0. The molecule has 0 fully saturated rings. The van der Waals surface area contributed by atoms with Gasteiger partial charge in [-0.15, -0.1) is 0 Å². The fraction of sp³-hybridized carbons (Fsp3) is 0.333. The van der Waals surface area contributed by atoms with E-state index in [0.717, 1.165) is 5.69 Å². The highest BCUT2D eigenvalue weighted by atomic mass is 14.9. The SMILES string of the molecule is CC(C)(C)C1=C[N]c2ccccc21. The van der Waals surface area contributed by atoms with Gasteiger partial charge in [0.05, 0.1) is 5.69 Å². The highest BCUT2D eigenvalue weighted by Crippen LogP contribution is 2.40. The van der Waals surface area contributed by atoms with Gasteiger partial charge < -0.3 is 0 Å². The fourth-order valence-corrected chi connectivity index (χ4v) is 1.62. The highest BCUT2D eigenvalue weighted by molar-refractivity contribution is 5.81. The number of fused-ring (bicyclic) bond motifs is 1. The van der Waals surface area contributed by atoms with E-state index in [4.69, 9.17) is 0 Å². The zero-order valence-corrected chi connectivity index (χ0v) is 8.33. The van der Waals surface area contributed by atoms with Crippen molar-refractivity contribution in [2.45, 2.75) is 20.8 Å². The molecular weight excluding hydrogens is 158 g/mol. The van der Waals surface area contributed by atoms with Crippen LogP contribution >= 0.6 is 0 Å². The lowest BCUT2D eigenvalue weighted by Gasteiger charge is -2.20. The number of hydrogen-bond donors (Lipinski definition) is 0. The second-order valence-corrected chi connectivity index (χ2v) is 4.44. The quantitative estimate of drug-likeness (QED) is 0.570. The van der Waals surface area contributed by atoms with Gasteiger partial charge in [-0.2, -0.15) is 0 Å². The van der Waals surface area contributed by atoms with E-state index < -0.39 is 0 Å². The largest absolute Gasteiger partial charge is 0.256 e. The van der Waals surface area contributed by atoms with E-state index in [1.807, 2.05) is 12.3 Å². The van der Waals surface area contributed by atoms with Crippen LogP contribution in [0.4, 0.5) is 5.69 Å². The molecule has 0 unspecified atom stereocenters. The first-order valence-corrected chi connectivity index (χ1v) is 4.60. The molecule has 1 aromatic rings. The van der Waals surface area contributed by atoms with Gasteiger partial charge >= 0.3 is 0 Å². The summed E-state index contributed by atoms with van der Waals surface area (Å²) in [6.07, 6.45) is 1.99. The zero-order valence-electron chi connectivity index (χ0n) is 8.33. The molecule has 0 atom stereocenters. The van der Waals surface area contributed by atoms with Gasteiger partial charge in [0.25, 0.3) is 0 Å². The third-order valence-electron chi connectivity index (χ3n) is 2.33. The highest BCUT2D eigenvalue weighted by Gasteiger charge is 2.24. The average molecular weight is 172 g/mol. The average Bonchev–Trinajstić information content (AvgIpc) is 2.45. The predicted octanol–water partition coefficient (Wildman–Crippen LogP) is 3.32. The number of hydrogen-bond acceptors (Lipinski definition) is 0. The minimum Gasteiger partial charge on any atom is -0.256 e. The Balaban J connectivity index is 2.48. The molecule has 0 bridgehead atoms. The van der Waals surface area contributed by atoms with Crippen molar-refractivity contribution in [1.82, 2.24) is 5.32 Å². The van der Waals surface area contributed by atoms with Crippen molar-refractivity contribution in [1.29, 1.82) is 0 Å². The van der Waals surface area contributed by atoms with E-state index in [9.17, 15) is 0 Å². The van der Waals surface area contributed by atoms with Gasteiger partial charge in [-0.1, -0.05) is 39.0 Å². The first kappa shape index (κ1) is 8.36. The molecule has 1 heterocycles. The van der Waals surface area contributed by atoms with E-state index in [1.165, 1.54) is 11.1 Å². The lowest BCUT2D eigenvalue weighted by atomic mass is 9.83. The molecular formula is C12H14N. The summed E-state index contributed by atoms with van der Waals surface area (Å²) < 4.78 is 0. The van der Waals surface area contributed by atoms with Gasteiger partial charge in [0.2, 0.25) is 0 Å². The van der Waals surface area contributed by atoms with Gasteiger partial charge in [-0.25, -0.2) is 0 Å². The Kier molecular flexibility index (Phi) is 1.69. The van der Waals surface area contributed by atoms with Crippen molar-refractivity contribution in [3.63, 3.8) is 0 Å². The van der Waals surface area contributed by atoms with E-state index in [-0.39, 0.29) is 5.41 Å². The van der Waals surface area contributed by atoms with Crippen molar-refractivity contribution in [2.75, 3.05) is 0 Å². The second kappa shape index (κ2) is 2.63. The number of benzene rings is 1. The molecule has 2 rings (SSSR count). The third-order valence-corrected chi connectivity index (χ3v) is 2.33. The van der Waals surface area contributed by atoms with Crippen molar-refractivity contribution >= 4 is 11.3 Å². The molecule has 1 nitrogen and oxygen atoms in total. The Morgan fingerprint density at radius 1 is 1.08 bits per heavy atom. The molecule has 1 aromatic carbocycles. The summed E-state index contributed by atoms with van der Waals surface area (Å²) in [5.74, 6) is 0. The van der Waals surface area contributed by atoms with Gasteiger partial charge in [-0.05, 0) is 17.1 Å². The van der Waals surface area contributed by atoms with Gasteiger partial charge in [0, 0.05) is 11.8 Å². The van der Waals surface area contributed by atoms with Crippen LogP contribution in [0.25, 0.3) is 5.57 Å². The van der Waals surface area contributed by atoms with E-state index >= 15 is 0 Å². The van der Waals surface area contributed by atoms with E-state index in [2.05, 4.69) is 44.3 Å². The van der Waals surface area contributed by atoms with E-state index in [1.54, 1.807) is 0 Å². The first-order valence-electron chi connectivity index (χ1n) is 4.60. The topological polar surface area (TPSA) is 14.1 Å². The predicted molar refractivity (Wildman–Crippen MR) is 55.7 cm³/mol. The van der Waals surface area contributed by atoms with Crippen LogP contribution in [0.3, 0.4) is 0 Å². The molecule has 1 aliphatic rings. The molecule has 0 aliphatic carbocycles. The smallest absolute Gasteiger partial charge is 0.0705 e. The summed E-state index contributed by atoms with van der Waals surface area (Å²) in [5, 5.41) is 4.39. The monoisotopic (exact) mass is 172 g/mol. The van der Waals surface area contributed by atoms with Crippen LogP contribution in [-0.4, -0.2) is 0 Å². The van der Waals surface area contributed by atoms with Crippen molar-refractivity contribution in [2.24, 2.45) is 5.41 Å². The molecule has 0 amide bonds. The maximum Gasteiger partial charge on any atom is 0.0705 e. The Morgan fingerprint density at radius 3 is 2.46 bits per heavy atom. The number of nitrogens with zero attached hydrogens (tertiary/aromatic N) is 1. The standard InChI is InChI=1S/C12H14N/c1-12(2,3)10-8-13-11-7-5-4-6-9(10)11/h4-8H,1-3H3. The van der Waals surface area contributed by atoms with Gasteiger partial charge in [0.15, 0.2) is 0 Å². The summed E-state index contributed by atoms with van der Waals surface area (Å²) in [7, 11) is 0. The Hall–Kier alpha value is -1.24. The minimum absolute atomic E-state index is 0.191. The first-order chi connectivity index (χ1) is 6.09. The molecule has 1 heteroatoms. The maximum absolute atomic E-state index is 4.39. The molecule has 67 valence electrons. The molecule has 0 aromatic heterocycles. The Bertz CT molecular complexity index is 356. The summed E-state index contributed by atoms with van der Waals surface area (Å²) in [6.45, 7) is 6.66.